The largest absolute Gasteiger partial charge is 0.390 e. The molecule has 1 aromatic rings. The molecule has 0 unspecified atom stereocenters. The number of ether oxygens (including phenoxy) is 1. The summed E-state index contributed by atoms with van der Waals surface area (Å²) < 4.78 is 29.2. The SMILES string of the molecule is COCCCn1c(CO)cnc1S(C)(=O)=O. The molecule has 0 saturated carbocycles. The number of sulfone groups is 1. The van der Waals surface area contributed by atoms with Gasteiger partial charge in [0.1, 0.15) is 0 Å². The molecule has 0 radical (unpaired) electrons. The molecule has 0 saturated heterocycles. The van der Waals surface area contributed by atoms with Gasteiger partial charge in [-0.2, -0.15) is 0 Å². The molecule has 1 N–H and O–H groups in total. The minimum absolute atomic E-state index is 0.00680. The lowest BCUT2D eigenvalue weighted by atomic mass is 10.4. The van der Waals surface area contributed by atoms with E-state index in [1.807, 2.05) is 0 Å². The topological polar surface area (TPSA) is 81.4 Å². The molecule has 0 aliphatic rings. The first-order valence-electron chi connectivity index (χ1n) is 4.85. The van der Waals surface area contributed by atoms with E-state index in [1.54, 1.807) is 7.11 Å². The fourth-order valence-corrected chi connectivity index (χ4v) is 2.27. The number of aromatic nitrogens is 2. The van der Waals surface area contributed by atoms with E-state index >= 15 is 0 Å². The number of aliphatic hydroxyl groups is 1. The summed E-state index contributed by atoms with van der Waals surface area (Å²) in [7, 11) is -1.78. The summed E-state index contributed by atoms with van der Waals surface area (Å²) >= 11 is 0. The van der Waals surface area contributed by atoms with Gasteiger partial charge in [0.2, 0.25) is 15.0 Å². The van der Waals surface area contributed by atoms with Crippen LogP contribution in [0.15, 0.2) is 11.4 Å². The second-order valence-corrected chi connectivity index (χ2v) is 5.37. The third-order valence-corrected chi connectivity index (χ3v) is 3.11. The number of imidazole rings is 1. The zero-order valence-corrected chi connectivity index (χ0v) is 10.2. The smallest absolute Gasteiger partial charge is 0.227 e. The van der Waals surface area contributed by atoms with Crippen molar-refractivity contribution in [3.05, 3.63) is 11.9 Å². The fraction of sp³-hybridized carbons (Fsp3) is 0.667. The maximum atomic E-state index is 11.4. The van der Waals surface area contributed by atoms with Crippen LogP contribution < -0.4 is 0 Å². The first-order valence-corrected chi connectivity index (χ1v) is 6.74. The predicted molar refractivity (Wildman–Crippen MR) is 57.8 cm³/mol. The average molecular weight is 248 g/mol. The molecule has 16 heavy (non-hydrogen) atoms. The van der Waals surface area contributed by atoms with E-state index in [0.717, 1.165) is 6.26 Å². The van der Waals surface area contributed by atoms with Crippen LogP contribution in [-0.2, 0) is 27.7 Å². The Labute approximate surface area is 94.8 Å². The highest BCUT2D eigenvalue weighted by atomic mass is 32.2. The van der Waals surface area contributed by atoms with Gasteiger partial charge in [0.25, 0.3) is 0 Å². The Morgan fingerprint density at radius 3 is 2.75 bits per heavy atom. The zero-order valence-electron chi connectivity index (χ0n) is 9.38. The van der Waals surface area contributed by atoms with Gasteiger partial charge in [-0.05, 0) is 6.42 Å². The van der Waals surface area contributed by atoms with Crippen LogP contribution in [-0.4, -0.2) is 43.0 Å². The standard InChI is InChI=1S/C9H16N2O4S/c1-15-5-3-4-11-8(7-12)6-10-9(11)16(2,13)14/h6,12H,3-5,7H2,1-2H3. The summed E-state index contributed by atoms with van der Waals surface area (Å²) in [6, 6.07) is 0. The van der Waals surface area contributed by atoms with Crippen molar-refractivity contribution >= 4 is 9.84 Å². The van der Waals surface area contributed by atoms with Gasteiger partial charge >= 0.3 is 0 Å². The molecule has 92 valence electrons. The van der Waals surface area contributed by atoms with Gasteiger partial charge in [0, 0.05) is 26.5 Å². The van der Waals surface area contributed by atoms with Crippen molar-refractivity contribution in [3.63, 3.8) is 0 Å². The number of nitrogens with zero attached hydrogens (tertiary/aromatic N) is 2. The molecule has 1 rings (SSSR count). The molecule has 6 nitrogen and oxygen atoms in total. The normalized spacial score (nSPS) is 11.9. The Morgan fingerprint density at radius 1 is 1.56 bits per heavy atom. The van der Waals surface area contributed by atoms with Crippen molar-refractivity contribution in [3.8, 4) is 0 Å². The molecule has 0 aliphatic carbocycles. The molecule has 0 amide bonds. The van der Waals surface area contributed by atoms with Gasteiger partial charge < -0.3 is 14.4 Å². The van der Waals surface area contributed by atoms with Crippen molar-refractivity contribution < 1.29 is 18.3 Å². The van der Waals surface area contributed by atoms with Crippen molar-refractivity contribution in [1.29, 1.82) is 0 Å². The van der Waals surface area contributed by atoms with Gasteiger partial charge in [0.15, 0.2) is 0 Å². The lowest BCUT2D eigenvalue weighted by Crippen LogP contribution is -2.13. The van der Waals surface area contributed by atoms with Gasteiger partial charge in [-0.15, -0.1) is 0 Å². The molecule has 0 aliphatic heterocycles. The number of hydrogen-bond acceptors (Lipinski definition) is 5. The van der Waals surface area contributed by atoms with Crippen LogP contribution in [0.25, 0.3) is 0 Å². The third kappa shape index (κ3) is 3.03. The summed E-state index contributed by atoms with van der Waals surface area (Å²) in [5.41, 5.74) is 0.497. The molecule has 1 aromatic heterocycles. The Hall–Kier alpha value is -0.920. The number of rotatable bonds is 6. The van der Waals surface area contributed by atoms with E-state index in [9.17, 15) is 8.42 Å². The highest BCUT2D eigenvalue weighted by Crippen LogP contribution is 2.12. The van der Waals surface area contributed by atoms with Crippen LogP contribution in [0.5, 0.6) is 0 Å². The fourth-order valence-electron chi connectivity index (χ4n) is 1.42. The molecule has 0 bridgehead atoms. The molecule has 1 heterocycles. The monoisotopic (exact) mass is 248 g/mol. The second kappa shape index (κ2) is 5.42. The summed E-state index contributed by atoms with van der Waals surface area (Å²) in [4.78, 5) is 3.81. The Balaban J connectivity index is 2.97. The van der Waals surface area contributed by atoms with Crippen LogP contribution >= 0.6 is 0 Å². The minimum atomic E-state index is -3.36. The number of aliphatic hydroxyl groups excluding tert-OH is 1. The Kier molecular flexibility index (Phi) is 4.45. The van der Waals surface area contributed by atoms with Gasteiger partial charge in [0.05, 0.1) is 18.5 Å². The van der Waals surface area contributed by atoms with Crippen LogP contribution in [0, 0.1) is 0 Å². The van der Waals surface area contributed by atoms with E-state index in [-0.39, 0.29) is 11.8 Å². The molecular weight excluding hydrogens is 232 g/mol. The maximum Gasteiger partial charge on any atom is 0.227 e. The second-order valence-electron chi connectivity index (χ2n) is 3.46. The highest BCUT2D eigenvalue weighted by Gasteiger charge is 2.17. The Morgan fingerprint density at radius 2 is 2.25 bits per heavy atom. The molecule has 0 aromatic carbocycles. The van der Waals surface area contributed by atoms with Crippen LogP contribution in [0.3, 0.4) is 0 Å². The van der Waals surface area contributed by atoms with Crippen LogP contribution in [0.4, 0.5) is 0 Å². The predicted octanol–water partition coefficient (Wildman–Crippen LogP) is -0.185. The maximum absolute atomic E-state index is 11.4. The van der Waals surface area contributed by atoms with Crippen LogP contribution in [0.1, 0.15) is 12.1 Å². The minimum Gasteiger partial charge on any atom is -0.390 e. The lowest BCUT2D eigenvalue weighted by Gasteiger charge is -2.09. The summed E-state index contributed by atoms with van der Waals surface area (Å²) in [6.07, 6.45) is 3.15. The van der Waals surface area contributed by atoms with E-state index in [1.165, 1.54) is 10.8 Å². The van der Waals surface area contributed by atoms with Crippen molar-refractivity contribution in [2.75, 3.05) is 20.0 Å². The van der Waals surface area contributed by atoms with Crippen LogP contribution in [0.2, 0.25) is 0 Å². The molecule has 0 spiro atoms. The summed E-state index contributed by atoms with van der Waals surface area (Å²) in [5, 5.41) is 9.06. The molecule has 0 atom stereocenters. The highest BCUT2D eigenvalue weighted by molar-refractivity contribution is 7.90. The molecular formula is C9H16N2O4S. The van der Waals surface area contributed by atoms with Crippen molar-refractivity contribution in [2.45, 2.75) is 24.7 Å². The quantitative estimate of drug-likeness (QED) is 0.706. The summed E-state index contributed by atoms with van der Waals surface area (Å²) in [5.74, 6) is 0. The van der Waals surface area contributed by atoms with E-state index in [0.29, 0.717) is 25.3 Å². The van der Waals surface area contributed by atoms with Gasteiger partial charge in [-0.3, -0.25) is 0 Å². The zero-order chi connectivity index (χ0) is 12.2. The van der Waals surface area contributed by atoms with E-state index in [2.05, 4.69) is 4.98 Å². The molecule has 0 fully saturated rings. The lowest BCUT2D eigenvalue weighted by molar-refractivity contribution is 0.187. The first-order chi connectivity index (χ1) is 7.50. The first kappa shape index (κ1) is 13.1. The van der Waals surface area contributed by atoms with E-state index in [4.69, 9.17) is 9.84 Å². The average Bonchev–Trinajstić information content (AvgIpc) is 2.60. The number of methoxy groups -OCH3 is 1. The molecule has 7 heteroatoms. The van der Waals surface area contributed by atoms with Gasteiger partial charge in [-0.1, -0.05) is 0 Å². The Bertz CT molecular complexity index is 438. The van der Waals surface area contributed by atoms with E-state index < -0.39 is 9.84 Å². The van der Waals surface area contributed by atoms with Crippen molar-refractivity contribution in [1.82, 2.24) is 9.55 Å². The van der Waals surface area contributed by atoms with Crippen molar-refractivity contribution in [2.24, 2.45) is 0 Å². The third-order valence-electron chi connectivity index (χ3n) is 2.13. The van der Waals surface area contributed by atoms with Gasteiger partial charge in [-0.25, -0.2) is 13.4 Å². The number of hydrogen-bond donors (Lipinski definition) is 1. The summed E-state index contributed by atoms with van der Waals surface area (Å²) in [6.45, 7) is 0.772.